The maximum Gasteiger partial charge on any atom is 0.311 e. The number of benzene rings is 1. The first-order chi connectivity index (χ1) is 11.1. The van der Waals surface area contributed by atoms with Crippen LogP contribution in [0.1, 0.15) is 36.8 Å². The Labute approximate surface area is 136 Å². The van der Waals surface area contributed by atoms with Crippen LogP contribution in [0, 0.1) is 10.1 Å². The first kappa shape index (κ1) is 16.2. The minimum absolute atomic E-state index is 0.0538. The van der Waals surface area contributed by atoms with Crippen molar-refractivity contribution in [3.63, 3.8) is 0 Å². The number of hydrogen-bond acceptors (Lipinski definition) is 5. The molecule has 0 radical (unpaired) electrons. The third-order valence-electron chi connectivity index (χ3n) is 5.16. The number of methoxy groups -OCH3 is 1. The van der Waals surface area contributed by atoms with E-state index in [4.69, 9.17) is 4.74 Å². The molecule has 1 aromatic carbocycles. The van der Waals surface area contributed by atoms with E-state index in [0.29, 0.717) is 11.8 Å². The number of nitro groups is 1. The molecule has 126 valence electrons. The standard InChI is InChI=1S/C17H24N2O4/c1-23-17-15-8-7-13(18-10-2-3-14(20)11-18)6-4-12(15)5-9-16(17)19(21)22/h5,9,13-14,20H,2-4,6-8,10-11H2,1H3. The predicted octanol–water partition coefficient (Wildman–Crippen LogP) is 2.31. The second kappa shape index (κ2) is 6.84. The van der Waals surface area contributed by atoms with Gasteiger partial charge in [0.25, 0.3) is 0 Å². The summed E-state index contributed by atoms with van der Waals surface area (Å²) in [5, 5.41) is 21.1. The number of rotatable bonds is 3. The Balaban J connectivity index is 1.81. The van der Waals surface area contributed by atoms with E-state index in [-0.39, 0.29) is 16.7 Å². The zero-order valence-corrected chi connectivity index (χ0v) is 13.5. The van der Waals surface area contributed by atoms with Crippen molar-refractivity contribution in [2.45, 2.75) is 50.7 Å². The molecule has 2 unspecified atom stereocenters. The Kier molecular flexibility index (Phi) is 4.82. The highest BCUT2D eigenvalue weighted by molar-refractivity contribution is 5.55. The van der Waals surface area contributed by atoms with Crippen LogP contribution in [0.4, 0.5) is 5.69 Å². The van der Waals surface area contributed by atoms with Crippen molar-refractivity contribution < 1.29 is 14.8 Å². The third kappa shape index (κ3) is 3.33. The van der Waals surface area contributed by atoms with Gasteiger partial charge in [-0.25, -0.2) is 0 Å². The second-order valence-electron chi connectivity index (χ2n) is 6.53. The van der Waals surface area contributed by atoms with Crippen LogP contribution >= 0.6 is 0 Å². The normalized spacial score (nSPS) is 25.5. The van der Waals surface area contributed by atoms with Crippen molar-refractivity contribution in [3.8, 4) is 5.75 Å². The molecule has 23 heavy (non-hydrogen) atoms. The molecule has 0 bridgehead atoms. The van der Waals surface area contributed by atoms with Gasteiger partial charge in [-0.3, -0.25) is 15.0 Å². The Morgan fingerprint density at radius 3 is 2.78 bits per heavy atom. The van der Waals surface area contributed by atoms with Gasteiger partial charge in [-0.15, -0.1) is 0 Å². The second-order valence-corrected chi connectivity index (χ2v) is 6.53. The highest BCUT2D eigenvalue weighted by atomic mass is 16.6. The van der Waals surface area contributed by atoms with E-state index < -0.39 is 0 Å². The van der Waals surface area contributed by atoms with Crippen LogP contribution in [0.25, 0.3) is 0 Å². The van der Waals surface area contributed by atoms with Crippen LogP contribution in [0.2, 0.25) is 0 Å². The number of nitrogens with zero attached hydrogens (tertiary/aromatic N) is 2. The van der Waals surface area contributed by atoms with Gasteiger partial charge in [0, 0.05) is 24.2 Å². The lowest BCUT2D eigenvalue weighted by atomic mass is 10.0. The lowest BCUT2D eigenvalue weighted by molar-refractivity contribution is -0.385. The highest BCUT2D eigenvalue weighted by Crippen LogP contribution is 2.37. The molecule has 0 amide bonds. The van der Waals surface area contributed by atoms with Crippen molar-refractivity contribution >= 4 is 5.69 Å². The lowest BCUT2D eigenvalue weighted by Gasteiger charge is -2.36. The number of β-amino-alcohol motifs (C(OH)–C–C–N with tert-alkyl or cyclic N) is 1. The highest BCUT2D eigenvalue weighted by Gasteiger charge is 2.29. The van der Waals surface area contributed by atoms with E-state index >= 15 is 0 Å². The van der Waals surface area contributed by atoms with E-state index in [9.17, 15) is 15.2 Å². The van der Waals surface area contributed by atoms with Crippen LogP contribution in [-0.2, 0) is 12.8 Å². The molecule has 1 aliphatic heterocycles. The summed E-state index contributed by atoms with van der Waals surface area (Å²) in [5.74, 6) is 0.423. The molecule has 2 aliphatic rings. The Morgan fingerprint density at radius 2 is 2.09 bits per heavy atom. The lowest BCUT2D eigenvalue weighted by Crippen LogP contribution is -2.44. The first-order valence-electron chi connectivity index (χ1n) is 8.35. The topological polar surface area (TPSA) is 75.8 Å². The Hall–Kier alpha value is -1.66. The van der Waals surface area contributed by atoms with Crippen LogP contribution in [0.15, 0.2) is 12.1 Å². The summed E-state index contributed by atoms with van der Waals surface area (Å²) in [5.41, 5.74) is 2.20. The summed E-state index contributed by atoms with van der Waals surface area (Å²) in [6.07, 6.45) is 5.39. The fourth-order valence-electron chi connectivity index (χ4n) is 3.99. The maximum absolute atomic E-state index is 11.2. The maximum atomic E-state index is 11.2. The number of aryl methyl sites for hydroxylation is 1. The van der Waals surface area contributed by atoms with Crippen molar-refractivity contribution in [1.82, 2.24) is 4.90 Å². The predicted molar refractivity (Wildman–Crippen MR) is 86.9 cm³/mol. The van der Waals surface area contributed by atoms with Crippen molar-refractivity contribution in [3.05, 3.63) is 33.4 Å². The van der Waals surface area contributed by atoms with E-state index in [0.717, 1.165) is 62.7 Å². The molecule has 6 heteroatoms. The van der Waals surface area contributed by atoms with Crippen LogP contribution in [0.3, 0.4) is 0 Å². The number of aliphatic hydroxyl groups is 1. The van der Waals surface area contributed by atoms with Crippen molar-refractivity contribution in [2.75, 3.05) is 20.2 Å². The molecular weight excluding hydrogens is 296 g/mol. The molecule has 1 N–H and O–H groups in total. The van der Waals surface area contributed by atoms with Gasteiger partial charge >= 0.3 is 5.69 Å². The molecule has 0 spiro atoms. The number of fused-ring (bicyclic) bond motifs is 1. The summed E-state index contributed by atoms with van der Waals surface area (Å²) >= 11 is 0. The average molecular weight is 320 g/mol. The Morgan fingerprint density at radius 1 is 1.30 bits per heavy atom. The molecule has 1 aromatic rings. The zero-order valence-electron chi connectivity index (χ0n) is 13.5. The van der Waals surface area contributed by atoms with Crippen LogP contribution in [0.5, 0.6) is 5.75 Å². The van der Waals surface area contributed by atoms with Crippen LogP contribution in [-0.4, -0.2) is 47.3 Å². The molecular formula is C17H24N2O4. The van der Waals surface area contributed by atoms with Crippen LogP contribution < -0.4 is 4.74 Å². The SMILES string of the molecule is COc1c([N+](=O)[O-])ccc2c1CCC(N1CCCC(O)C1)CC2. The monoisotopic (exact) mass is 320 g/mol. The fraction of sp³-hybridized carbons (Fsp3) is 0.647. The molecule has 1 saturated heterocycles. The third-order valence-corrected chi connectivity index (χ3v) is 5.16. The van der Waals surface area contributed by atoms with Gasteiger partial charge in [-0.2, -0.15) is 0 Å². The average Bonchev–Trinajstić information content (AvgIpc) is 2.76. The summed E-state index contributed by atoms with van der Waals surface area (Å²) in [6, 6.07) is 3.87. The number of nitro benzene ring substituents is 1. The molecule has 3 rings (SSSR count). The van der Waals surface area contributed by atoms with Gasteiger partial charge in [0.2, 0.25) is 0 Å². The molecule has 1 heterocycles. The number of likely N-dealkylation sites (tertiary alicyclic amines) is 1. The molecule has 6 nitrogen and oxygen atoms in total. The van der Waals surface area contributed by atoms with Gasteiger partial charge in [0.1, 0.15) is 0 Å². The molecule has 0 saturated carbocycles. The minimum Gasteiger partial charge on any atom is -0.490 e. The quantitative estimate of drug-likeness (QED) is 0.525. The fourth-order valence-corrected chi connectivity index (χ4v) is 3.99. The summed E-state index contributed by atoms with van der Waals surface area (Å²) < 4.78 is 5.36. The van der Waals surface area contributed by atoms with Gasteiger partial charge in [0.05, 0.1) is 18.1 Å². The molecule has 1 fully saturated rings. The minimum atomic E-state index is -0.373. The van der Waals surface area contributed by atoms with E-state index in [1.807, 2.05) is 6.07 Å². The number of aliphatic hydroxyl groups excluding tert-OH is 1. The molecule has 0 aromatic heterocycles. The van der Waals surface area contributed by atoms with E-state index in [1.54, 1.807) is 6.07 Å². The molecule has 1 aliphatic carbocycles. The summed E-state index contributed by atoms with van der Waals surface area (Å²) in [6.45, 7) is 1.79. The summed E-state index contributed by atoms with van der Waals surface area (Å²) in [4.78, 5) is 13.2. The number of ether oxygens (including phenoxy) is 1. The number of hydrogen-bond donors (Lipinski definition) is 1. The van der Waals surface area contributed by atoms with Gasteiger partial charge in [-0.1, -0.05) is 6.07 Å². The molecule has 2 atom stereocenters. The largest absolute Gasteiger partial charge is 0.490 e. The van der Waals surface area contributed by atoms with Gasteiger partial charge < -0.3 is 9.84 Å². The van der Waals surface area contributed by atoms with Gasteiger partial charge in [-0.05, 0) is 50.6 Å². The van der Waals surface area contributed by atoms with Crippen molar-refractivity contribution in [2.24, 2.45) is 0 Å². The zero-order chi connectivity index (χ0) is 16.4. The van der Waals surface area contributed by atoms with Gasteiger partial charge in [0.15, 0.2) is 5.75 Å². The van der Waals surface area contributed by atoms with Crippen molar-refractivity contribution in [1.29, 1.82) is 0 Å². The van der Waals surface area contributed by atoms with E-state index in [1.165, 1.54) is 7.11 Å². The first-order valence-corrected chi connectivity index (χ1v) is 8.35. The number of piperidine rings is 1. The smallest absolute Gasteiger partial charge is 0.311 e. The summed E-state index contributed by atoms with van der Waals surface area (Å²) in [7, 11) is 1.51. The van der Waals surface area contributed by atoms with E-state index in [2.05, 4.69) is 4.90 Å². The Bertz CT molecular complexity index is 590.